The van der Waals surface area contributed by atoms with Crippen LogP contribution in [0.15, 0.2) is 36.4 Å². The third-order valence-electron chi connectivity index (χ3n) is 2.94. The summed E-state index contributed by atoms with van der Waals surface area (Å²) >= 11 is 0. The topological polar surface area (TPSA) is 75.0 Å². The predicted octanol–water partition coefficient (Wildman–Crippen LogP) is 0.0779. The molecule has 0 fully saturated rings. The average Bonchev–Trinajstić information content (AvgIpc) is 2.42. The Kier molecular flexibility index (Phi) is 4.23. The van der Waals surface area contributed by atoms with E-state index in [0.29, 0.717) is 0 Å². The smallest absolute Gasteiger partial charge is 0.199 e. The van der Waals surface area contributed by atoms with Crippen LogP contribution in [0.3, 0.4) is 0 Å². The summed E-state index contributed by atoms with van der Waals surface area (Å²) in [5.74, 6) is 0.373. The van der Waals surface area contributed by atoms with Crippen molar-refractivity contribution in [2.75, 3.05) is 18.4 Å². The van der Waals surface area contributed by atoms with Gasteiger partial charge in [-0.2, -0.15) is 0 Å². The molecule has 4 N–H and O–H groups in total. The zero-order valence-electron chi connectivity index (χ0n) is 11.0. The Morgan fingerprint density at radius 3 is 2.53 bits per heavy atom. The van der Waals surface area contributed by atoms with E-state index in [1.807, 2.05) is 43.1 Å². The van der Waals surface area contributed by atoms with Crippen LogP contribution < -0.4 is 16.1 Å². The molecule has 0 aromatic heterocycles. The van der Waals surface area contributed by atoms with Gasteiger partial charge in [0.15, 0.2) is 11.9 Å². The van der Waals surface area contributed by atoms with Crippen LogP contribution >= 0.6 is 0 Å². The van der Waals surface area contributed by atoms with Crippen molar-refractivity contribution in [2.45, 2.75) is 6.42 Å². The van der Waals surface area contributed by atoms with Crippen LogP contribution in [0, 0.1) is 10.8 Å². The van der Waals surface area contributed by atoms with Crippen LogP contribution in [0.5, 0.6) is 0 Å². The zero-order valence-corrected chi connectivity index (χ0v) is 11.0. The fraction of sp³-hybridized carbons (Fsp3) is 0.231. The maximum Gasteiger partial charge on any atom is 0.199 e. The standard InChI is InChI=1S/C13H18BN5/c14-10-4-6-11(7-5-10)17-12(15)18-13(16)19-8-2-1-3-9-19/h1-2,4-7H,3,8-9,14H2,(H4,15,16,17,18). The molecule has 0 saturated heterocycles. The second kappa shape index (κ2) is 6.09. The summed E-state index contributed by atoms with van der Waals surface area (Å²) in [6, 6.07) is 7.80. The van der Waals surface area contributed by atoms with Crippen molar-refractivity contribution in [1.82, 2.24) is 10.2 Å². The van der Waals surface area contributed by atoms with Crippen LogP contribution in [0.1, 0.15) is 6.42 Å². The number of hydrogen-bond acceptors (Lipinski definition) is 2. The van der Waals surface area contributed by atoms with E-state index >= 15 is 0 Å². The molecule has 0 radical (unpaired) electrons. The molecule has 0 amide bonds. The minimum atomic E-state index is 0.114. The summed E-state index contributed by atoms with van der Waals surface area (Å²) in [6.07, 6.45) is 5.10. The van der Waals surface area contributed by atoms with Gasteiger partial charge in [0.2, 0.25) is 0 Å². The molecule has 6 heteroatoms. The Bertz CT molecular complexity index is 494. The molecule has 1 aliphatic heterocycles. The Morgan fingerprint density at radius 1 is 1.16 bits per heavy atom. The zero-order chi connectivity index (χ0) is 13.7. The van der Waals surface area contributed by atoms with Gasteiger partial charge >= 0.3 is 0 Å². The Labute approximate surface area is 114 Å². The highest BCUT2D eigenvalue weighted by Crippen LogP contribution is 2.03. The van der Waals surface area contributed by atoms with Gasteiger partial charge in [0.1, 0.15) is 7.85 Å². The SMILES string of the molecule is Bc1ccc(NC(=N)NC(=N)N2CC=CCC2)cc1. The minimum absolute atomic E-state index is 0.114. The number of guanidine groups is 2. The van der Waals surface area contributed by atoms with Crippen LogP contribution in [0.2, 0.25) is 0 Å². The Balaban J connectivity index is 1.85. The molecule has 0 aliphatic carbocycles. The summed E-state index contributed by atoms with van der Waals surface area (Å²) in [7, 11) is 2.02. The van der Waals surface area contributed by atoms with Crippen molar-refractivity contribution in [3.63, 3.8) is 0 Å². The second-order valence-electron chi connectivity index (χ2n) is 4.55. The third kappa shape index (κ3) is 3.87. The van der Waals surface area contributed by atoms with Crippen molar-refractivity contribution < 1.29 is 0 Å². The largest absolute Gasteiger partial charge is 0.339 e. The monoisotopic (exact) mass is 255 g/mol. The molecular weight excluding hydrogens is 237 g/mol. The van der Waals surface area contributed by atoms with E-state index in [-0.39, 0.29) is 11.9 Å². The molecule has 2 rings (SSSR count). The predicted molar refractivity (Wildman–Crippen MR) is 82.2 cm³/mol. The first-order valence-electron chi connectivity index (χ1n) is 6.33. The molecule has 0 bridgehead atoms. The quantitative estimate of drug-likeness (QED) is 0.248. The van der Waals surface area contributed by atoms with E-state index < -0.39 is 0 Å². The van der Waals surface area contributed by atoms with Crippen molar-refractivity contribution in [1.29, 1.82) is 10.8 Å². The minimum Gasteiger partial charge on any atom is -0.339 e. The fourth-order valence-corrected chi connectivity index (χ4v) is 1.85. The maximum atomic E-state index is 7.91. The molecule has 0 spiro atoms. The van der Waals surface area contributed by atoms with Gasteiger partial charge in [-0.05, 0) is 18.6 Å². The number of nitrogens with zero attached hydrogens (tertiary/aromatic N) is 1. The molecule has 5 nitrogen and oxygen atoms in total. The summed E-state index contributed by atoms with van der Waals surface area (Å²) < 4.78 is 0. The number of hydrogen-bond donors (Lipinski definition) is 4. The number of rotatable bonds is 1. The lowest BCUT2D eigenvalue weighted by atomic mass is 9.96. The van der Waals surface area contributed by atoms with Crippen molar-refractivity contribution in [3.05, 3.63) is 36.4 Å². The highest BCUT2D eigenvalue weighted by molar-refractivity contribution is 6.32. The maximum absolute atomic E-state index is 7.91. The van der Waals surface area contributed by atoms with Gasteiger partial charge in [-0.25, -0.2) is 0 Å². The summed E-state index contributed by atoms with van der Waals surface area (Å²) in [5.41, 5.74) is 2.02. The lowest BCUT2D eigenvalue weighted by Gasteiger charge is -2.26. The van der Waals surface area contributed by atoms with Crippen LogP contribution in [0.4, 0.5) is 5.69 Å². The van der Waals surface area contributed by atoms with Gasteiger partial charge in [-0.3, -0.25) is 16.1 Å². The molecule has 1 heterocycles. The average molecular weight is 255 g/mol. The van der Waals surface area contributed by atoms with Gasteiger partial charge < -0.3 is 10.2 Å². The molecule has 0 unspecified atom stereocenters. The van der Waals surface area contributed by atoms with Crippen LogP contribution in [0.25, 0.3) is 0 Å². The van der Waals surface area contributed by atoms with Gasteiger partial charge in [0, 0.05) is 18.8 Å². The molecule has 1 aromatic carbocycles. The van der Waals surface area contributed by atoms with E-state index in [4.69, 9.17) is 10.8 Å². The normalized spacial score (nSPS) is 14.0. The Hall–Kier alpha value is -2.24. The Morgan fingerprint density at radius 2 is 1.89 bits per heavy atom. The highest BCUT2D eigenvalue weighted by atomic mass is 15.3. The third-order valence-corrected chi connectivity index (χ3v) is 2.94. The van der Waals surface area contributed by atoms with Gasteiger partial charge in [-0.1, -0.05) is 29.7 Å². The summed E-state index contributed by atoms with van der Waals surface area (Å²) in [4.78, 5) is 1.89. The summed E-state index contributed by atoms with van der Waals surface area (Å²) in [5, 5.41) is 21.4. The summed E-state index contributed by atoms with van der Waals surface area (Å²) in [6.45, 7) is 1.55. The fourth-order valence-electron chi connectivity index (χ4n) is 1.85. The van der Waals surface area contributed by atoms with Gasteiger partial charge in [-0.15, -0.1) is 0 Å². The van der Waals surface area contributed by atoms with Crippen molar-refractivity contribution in [3.8, 4) is 0 Å². The van der Waals surface area contributed by atoms with Crippen molar-refractivity contribution in [2.24, 2.45) is 0 Å². The van der Waals surface area contributed by atoms with E-state index in [2.05, 4.69) is 16.7 Å². The van der Waals surface area contributed by atoms with Crippen molar-refractivity contribution >= 4 is 30.9 Å². The van der Waals surface area contributed by atoms with Crippen LogP contribution in [-0.4, -0.2) is 37.8 Å². The number of nitrogens with one attached hydrogen (secondary N) is 4. The molecule has 0 atom stereocenters. The highest BCUT2D eigenvalue weighted by Gasteiger charge is 2.11. The lowest BCUT2D eigenvalue weighted by molar-refractivity contribution is 0.441. The molecule has 19 heavy (non-hydrogen) atoms. The first-order valence-corrected chi connectivity index (χ1v) is 6.33. The molecular formula is C13H18BN5. The van der Waals surface area contributed by atoms with E-state index in [0.717, 1.165) is 25.2 Å². The number of benzene rings is 1. The molecule has 0 saturated carbocycles. The van der Waals surface area contributed by atoms with E-state index in [9.17, 15) is 0 Å². The van der Waals surface area contributed by atoms with E-state index in [1.165, 1.54) is 5.46 Å². The second-order valence-corrected chi connectivity index (χ2v) is 4.55. The first kappa shape index (κ1) is 13.2. The van der Waals surface area contributed by atoms with Gasteiger partial charge in [0.25, 0.3) is 0 Å². The molecule has 1 aromatic rings. The number of anilines is 1. The van der Waals surface area contributed by atoms with E-state index in [1.54, 1.807) is 0 Å². The molecule has 1 aliphatic rings. The first-order chi connectivity index (χ1) is 9.15. The van der Waals surface area contributed by atoms with Crippen LogP contribution in [-0.2, 0) is 0 Å². The lowest BCUT2D eigenvalue weighted by Crippen LogP contribution is -2.46. The molecule has 98 valence electrons. The van der Waals surface area contributed by atoms with Gasteiger partial charge in [0.05, 0.1) is 0 Å².